The molecule has 7 nitrogen and oxygen atoms in total. The maximum atomic E-state index is 11.8. The summed E-state index contributed by atoms with van der Waals surface area (Å²) in [6.45, 7) is 0. The third-order valence-electron chi connectivity index (χ3n) is 3.27. The highest BCUT2D eigenvalue weighted by molar-refractivity contribution is 7.99. The number of carbonyl (C=O) groups is 1. The Labute approximate surface area is 158 Å². The first-order valence-corrected chi connectivity index (χ1v) is 8.88. The van der Waals surface area contributed by atoms with E-state index < -0.39 is 0 Å². The van der Waals surface area contributed by atoms with Crippen LogP contribution >= 0.6 is 23.4 Å². The molecule has 0 unspecified atom stereocenters. The van der Waals surface area contributed by atoms with Crippen LogP contribution in [0.2, 0.25) is 5.15 Å². The minimum atomic E-state index is -0.270. The van der Waals surface area contributed by atoms with Crippen LogP contribution in [0.25, 0.3) is 10.9 Å². The Morgan fingerprint density at radius 2 is 2.15 bits per heavy atom. The third kappa shape index (κ3) is 4.68. The highest BCUT2D eigenvalue weighted by atomic mass is 35.5. The number of ether oxygens (including phenoxy) is 1. The van der Waals surface area contributed by atoms with Crippen LogP contribution in [0.1, 0.15) is 5.56 Å². The highest BCUT2D eigenvalue weighted by Crippen LogP contribution is 2.23. The van der Waals surface area contributed by atoms with Crippen molar-refractivity contribution in [2.24, 2.45) is 5.10 Å². The molecule has 9 heteroatoms. The van der Waals surface area contributed by atoms with E-state index in [4.69, 9.17) is 16.3 Å². The van der Waals surface area contributed by atoms with Crippen molar-refractivity contribution < 1.29 is 9.53 Å². The molecule has 1 amide bonds. The topological polar surface area (TPSA) is 89.4 Å². The molecular formula is C17H14ClN5O2S. The van der Waals surface area contributed by atoms with Gasteiger partial charge in [-0.15, -0.1) is 0 Å². The number of benzene rings is 1. The standard InChI is InChI=1S/C17H14ClN5O2S/c1-25-13-4-3-11-7-12(16(18)22-14(11)8-13)9-21-23-15(24)10-26-17-19-5-2-6-20-17/h2-9H,10H2,1H3,(H,23,24)/b21-9+. The Morgan fingerprint density at radius 3 is 2.92 bits per heavy atom. The summed E-state index contributed by atoms with van der Waals surface area (Å²) >= 11 is 7.40. The van der Waals surface area contributed by atoms with Crippen molar-refractivity contribution in [3.8, 4) is 5.75 Å². The van der Waals surface area contributed by atoms with E-state index in [1.54, 1.807) is 31.6 Å². The predicted octanol–water partition coefficient (Wildman–Crippen LogP) is 2.93. The number of halogens is 1. The lowest BCUT2D eigenvalue weighted by atomic mass is 10.1. The van der Waals surface area contributed by atoms with Gasteiger partial charge in [0.1, 0.15) is 10.9 Å². The summed E-state index contributed by atoms with van der Waals surface area (Å²) in [4.78, 5) is 24.2. The van der Waals surface area contributed by atoms with Gasteiger partial charge in [-0.1, -0.05) is 23.4 Å². The van der Waals surface area contributed by atoms with Gasteiger partial charge in [0.15, 0.2) is 5.16 Å². The Morgan fingerprint density at radius 1 is 1.35 bits per heavy atom. The van der Waals surface area contributed by atoms with Gasteiger partial charge in [0.05, 0.1) is 24.6 Å². The summed E-state index contributed by atoms with van der Waals surface area (Å²) in [5.74, 6) is 0.591. The van der Waals surface area contributed by atoms with Crippen LogP contribution in [0.3, 0.4) is 0 Å². The third-order valence-corrected chi connectivity index (χ3v) is 4.45. The number of thioether (sulfide) groups is 1. The number of nitrogens with zero attached hydrogens (tertiary/aromatic N) is 4. The van der Waals surface area contributed by atoms with Gasteiger partial charge in [0, 0.05) is 29.4 Å². The van der Waals surface area contributed by atoms with E-state index in [2.05, 4.69) is 25.5 Å². The fourth-order valence-corrected chi connectivity index (χ4v) is 2.84. The maximum Gasteiger partial charge on any atom is 0.250 e. The molecule has 2 aromatic heterocycles. The number of hydrogen-bond acceptors (Lipinski definition) is 7. The van der Waals surface area contributed by atoms with Gasteiger partial charge in [-0.05, 0) is 24.3 Å². The Hall–Kier alpha value is -2.71. The molecule has 132 valence electrons. The largest absolute Gasteiger partial charge is 0.497 e. The van der Waals surface area contributed by atoms with Crippen LogP contribution < -0.4 is 10.2 Å². The fraction of sp³-hybridized carbons (Fsp3) is 0.118. The number of methoxy groups -OCH3 is 1. The summed E-state index contributed by atoms with van der Waals surface area (Å²) in [6, 6.07) is 9.07. The quantitative estimate of drug-likeness (QED) is 0.230. The molecule has 0 aliphatic rings. The van der Waals surface area contributed by atoms with E-state index in [1.165, 1.54) is 18.0 Å². The molecule has 0 bridgehead atoms. The minimum Gasteiger partial charge on any atom is -0.497 e. The van der Waals surface area contributed by atoms with Crippen molar-refractivity contribution in [3.63, 3.8) is 0 Å². The van der Waals surface area contributed by atoms with Crippen molar-refractivity contribution in [3.05, 3.63) is 53.4 Å². The summed E-state index contributed by atoms with van der Waals surface area (Å²) < 4.78 is 5.17. The first-order chi connectivity index (χ1) is 12.7. The molecule has 26 heavy (non-hydrogen) atoms. The van der Waals surface area contributed by atoms with Crippen molar-refractivity contribution in [1.82, 2.24) is 20.4 Å². The molecular weight excluding hydrogens is 374 g/mol. The number of nitrogens with one attached hydrogen (secondary N) is 1. The molecule has 0 aliphatic heterocycles. The van der Waals surface area contributed by atoms with Crippen LogP contribution in [0.15, 0.2) is 53.0 Å². The first kappa shape index (κ1) is 18.1. The number of aromatic nitrogens is 3. The van der Waals surface area contributed by atoms with E-state index in [1.807, 2.05) is 18.2 Å². The number of rotatable bonds is 6. The SMILES string of the molecule is COc1ccc2cc(/C=N/NC(=O)CSc3ncccn3)c(Cl)nc2c1. The number of pyridine rings is 1. The molecule has 0 radical (unpaired) electrons. The van der Waals surface area contributed by atoms with Gasteiger partial charge in [-0.25, -0.2) is 20.4 Å². The molecule has 2 heterocycles. The Balaban J connectivity index is 1.62. The molecule has 0 spiro atoms. The lowest BCUT2D eigenvalue weighted by Gasteiger charge is -2.04. The van der Waals surface area contributed by atoms with E-state index in [0.717, 1.165) is 10.9 Å². The first-order valence-electron chi connectivity index (χ1n) is 7.52. The van der Waals surface area contributed by atoms with E-state index >= 15 is 0 Å². The zero-order valence-electron chi connectivity index (χ0n) is 13.7. The Kier molecular flexibility index (Phi) is 5.98. The van der Waals surface area contributed by atoms with Crippen molar-refractivity contribution in [2.45, 2.75) is 5.16 Å². The predicted molar refractivity (Wildman–Crippen MR) is 102 cm³/mol. The molecule has 0 aliphatic carbocycles. The second-order valence-electron chi connectivity index (χ2n) is 5.04. The van der Waals surface area contributed by atoms with Gasteiger partial charge in [0.25, 0.3) is 5.91 Å². The average Bonchev–Trinajstić information content (AvgIpc) is 2.67. The highest BCUT2D eigenvalue weighted by Gasteiger charge is 2.06. The summed E-state index contributed by atoms with van der Waals surface area (Å²) in [5.41, 5.74) is 3.76. The van der Waals surface area contributed by atoms with Crippen LogP contribution in [-0.4, -0.2) is 39.9 Å². The Bertz CT molecular complexity index is 953. The summed E-state index contributed by atoms with van der Waals surface area (Å²) in [6.07, 6.45) is 4.70. The molecule has 0 fully saturated rings. The van der Waals surface area contributed by atoms with Gasteiger partial charge in [-0.3, -0.25) is 4.79 Å². The normalized spacial score (nSPS) is 11.0. The maximum absolute atomic E-state index is 11.8. The van der Waals surface area contributed by atoms with Gasteiger partial charge < -0.3 is 4.74 Å². The van der Waals surface area contributed by atoms with Crippen LogP contribution in [0, 0.1) is 0 Å². The zero-order valence-corrected chi connectivity index (χ0v) is 15.3. The van der Waals surface area contributed by atoms with Gasteiger partial charge in [-0.2, -0.15) is 5.10 Å². The monoisotopic (exact) mass is 387 g/mol. The lowest BCUT2D eigenvalue weighted by molar-refractivity contribution is -0.118. The minimum absolute atomic E-state index is 0.158. The summed E-state index contributed by atoms with van der Waals surface area (Å²) in [5, 5.41) is 5.64. The molecule has 0 atom stereocenters. The molecule has 3 aromatic rings. The van der Waals surface area contributed by atoms with Crippen LogP contribution in [0.5, 0.6) is 5.75 Å². The molecule has 1 N–H and O–H groups in total. The number of hydrogen-bond donors (Lipinski definition) is 1. The molecule has 1 aromatic carbocycles. The number of hydrazone groups is 1. The van der Waals surface area contributed by atoms with Crippen LogP contribution in [-0.2, 0) is 4.79 Å². The van der Waals surface area contributed by atoms with Gasteiger partial charge in [0.2, 0.25) is 0 Å². The number of fused-ring (bicyclic) bond motifs is 1. The van der Waals surface area contributed by atoms with Crippen LogP contribution in [0.4, 0.5) is 0 Å². The van der Waals surface area contributed by atoms with Crippen molar-refractivity contribution >= 4 is 46.4 Å². The van der Waals surface area contributed by atoms with E-state index in [9.17, 15) is 4.79 Å². The molecule has 0 saturated carbocycles. The average molecular weight is 388 g/mol. The zero-order chi connectivity index (χ0) is 18.4. The second kappa shape index (κ2) is 8.59. The van der Waals surface area contributed by atoms with E-state index in [-0.39, 0.29) is 16.8 Å². The van der Waals surface area contributed by atoms with Crippen molar-refractivity contribution in [2.75, 3.05) is 12.9 Å². The second-order valence-corrected chi connectivity index (χ2v) is 6.34. The smallest absolute Gasteiger partial charge is 0.250 e. The summed E-state index contributed by atoms with van der Waals surface area (Å²) in [7, 11) is 1.59. The lowest BCUT2D eigenvalue weighted by Crippen LogP contribution is -2.19. The fourth-order valence-electron chi connectivity index (χ4n) is 2.05. The molecule has 3 rings (SSSR count). The number of carbonyl (C=O) groups excluding carboxylic acids is 1. The van der Waals surface area contributed by atoms with Crippen molar-refractivity contribution in [1.29, 1.82) is 0 Å². The van der Waals surface area contributed by atoms with E-state index in [0.29, 0.717) is 16.5 Å². The molecule has 0 saturated heterocycles. The number of amides is 1. The van der Waals surface area contributed by atoms with Gasteiger partial charge >= 0.3 is 0 Å².